The van der Waals surface area contributed by atoms with Crippen LogP contribution in [0.3, 0.4) is 0 Å². The molecule has 0 amide bonds. The topological polar surface area (TPSA) is 36.7 Å². The number of nitriles is 1. The maximum absolute atomic E-state index is 9.13. The molecule has 5 heteroatoms. The third kappa shape index (κ3) is 1.78. The number of fused-ring (bicyclic) bond motifs is 1. The van der Waals surface area contributed by atoms with E-state index in [1.165, 1.54) is 0 Å². The number of benzene rings is 1. The van der Waals surface area contributed by atoms with E-state index in [0.29, 0.717) is 32.2 Å². The predicted molar refractivity (Wildman–Crippen MR) is 68.9 cm³/mol. The van der Waals surface area contributed by atoms with Gasteiger partial charge in [-0.1, -0.05) is 23.2 Å². The molecule has 1 aromatic heterocycles. The Bertz CT molecular complexity index is 632. The molecule has 0 N–H and O–H groups in total. The number of pyridine rings is 1. The van der Waals surface area contributed by atoms with Gasteiger partial charge in [-0.2, -0.15) is 5.26 Å². The van der Waals surface area contributed by atoms with Crippen LogP contribution in [-0.2, 0) is 0 Å². The van der Waals surface area contributed by atoms with Crippen molar-refractivity contribution in [2.75, 3.05) is 0 Å². The first-order chi connectivity index (χ1) is 7.54. The average molecular weight is 316 g/mol. The van der Waals surface area contributed by atoms with Gasteiger partial charge in [0, 0.05) is 20.4 Å². The van der Waals surface area contributed by atoms with E-state index >= 15 is 0 Å². The number of halogens is 3. The van der Waals surface area contributed by atoms with Crippen LogP contribution in [0, 0.1) is 18.3 Å². The molecule has 2 rings (SSSR count). The van der Waals surface area contributed by atoms with Gasteiger partial charge in [-0.25, -0.2) is 4.98 Å². The van der Waals surface area contributed by atoms with Crippen LogP contribution in [0.4, 0.5) is 0 Å². The summed E-state index contributed by atoms with van der Waals surface area (Å²) in [5.74, 6) is 0. The molecule has 0 bridgehead atoms. The van der Waals surface area contributed by atoms with Gasteiger partial charge in [-0.15, -0.1) is 0 Å². The molecule has 0 saturated heterocycles. The molecule has 2 nitrogen and oxygen atoms in total. The Labute approximate surface area is 111 Å². The van der Waals surface area contributed by atoms with E-state index < -0.39 is 0 Å². The number of aromatic nitrogens is 1. The van der Waals surface area contributed by atoms with Gasteiger partial charge in [0.15, 0.2) is 0 Å². The smallest absolute Gasteiger partial charge is 0.134 e. The average Bonchev–Trinajstić information content (AvgIpc) is 2.22. The lowest BCUT2D eigenvalue weighted by molar-refractivity contribution is 1.30. The maximum atomic E-state index is 9.13. The zero-order valence-corrected chi connectivity index (χ0v) is 11.3. The lowest BCUT2D eigenvalue weighted by Crippen LogP contribution is -1.92. The first-order valence-corrected chi connectivity index (χ1v) is 5.94. The van der Waals surface area contributed by atoms with Crippen LogP contribution in [0.2, 0.25) is 10.2 Å². The summed E-state index contributed by atoms with van der Waals surface area (Å²) < 4.78 is 0.730. The van der Waals surface area contributed by atoms with Gasteiger partial charge in [0.25, 0.3) is 0 Å². The second-order valence-corrected chi connectivity index (χ2v) is 4.95. The van der Waals surface area contributed by atoms with Crippen molar-refractivity contribution >= 4 is 50.0 Å². The van der Waals surface area contributed by atoms with E-state index in [9.17, 15) is 0 Å². The quantitative estimate of drug-likeness (QED) is 0.672. The van der Waals surface area contributed by atoms with Crippen LogP contribution in [-0.4, -0.2) is 4.98 Å². The lowest BCUT2D eigenvalue weighted by atomic mass is 10.1. The summed E-state index contributed by atoms with van der Waals surface area (Å²) in [6.07, 6.45) is 0. The Morgan fingerprint density at radius 2 is 2.06 bits per heavy atom. The summed E-state index contributed by atoms with van der Waals surface area (Å²) in [6.45, 7) is 1.77. The Hall–Kier alpha value is -0.820. The van der Waals surface area contributed by atoms with Crippen molar-refractivity contribution in [2.24, 2.45) is 0 Å². The third-order valence-electron chi connectivity index (χ3n) is 2.30. The molecular formula is C11H5BrCl2N2. The first kappa shape index (κ1) is 11.7. The highest BCUT2D eigenvalue weighted by molar-refractivity contribution is 9.10. The lowest BCUT2D eigenvalue weighted by Gasteiger charge is -2.07. The summed E-state index contributed by atoms with van der Waals surface area (Å²) in [4.78, 5) is 4.23. The molecule has 1 aromatic carbocycles. The van der Waals surface area contributed by atoms with Crippen molar-refractivity contribution in [1.82, 2.24) is 4.98 Å². The number of hydrogen-bond acceptors (Lipinski definition) is 2. The molecule has 0 aliphatic heterocycles. The van der Waals surface area contributed by atoms with Crippen molar-refractivity contribution in [3.8, 4) is 6.07 Å². The molecule has 0 aliphatic rings. The monoisotopic (exact) mass is 314 g/mol. The van der Waals surface area contributed by atoms with Crippen molar-refractivity contribution in [1.29, 1.82) is 5.26 Å². The number of nitrogens with zero attached hydrogens (tertiary/aromatic N) is 2. The zero-order chi connectivity index (χ0) is 11.9. The molecular weight excluding hydrogens is 311 g/mol. The van der Waals surface area contributed by atoms with E-state index in [-0.39, 0.29) is 0 Å². The molecule has 0 saturated carbocycles. The minimum atomic E-state index is 0.340. The fraction of sp³-hybridized carbons (Fsp3) is 0.0909. The van der Waals surface area contributed by atoms with Crippen LogP contribution in [0.15, 0.2) is 16.6 Å². The molecule has 80 valence electrons. The largest absolute Gasteiger partial charge is 0.235 e. The zero-order valence-electron chi connectivity index (χ0n) is 8.18. The highest BCUT2D eigenvalue weighted by atomic mass is 79.9. The molecule has 16 heavy (non-hydrogen) atoms. The summed E-state index contributed by atoms with van der Waals surface area (Å²) in [5.41, 5.74) is 1.83. The van der Waals surface area contributed by atoms with E-state index in [1.54, 1.807) is 19.1 Å². The number of rotatable bonds is 0. The maximum Gasteiger partial charge on any atom is 0.134 e. The Kier molecular flexibility index (Phi) is 3.07. The summed E-state index contributed by atoms with van der Waals surface area (Å²) in [6, 6.07) is 5.57. The second-order valence-electron chi connectivity index (χ2n) is 3.30. The summed E-state index contributed by atoms with van der Waals surface area (Å²) in [7, 11) is 0. The van der Waals surface area contributed by atoms with Gasteiger partial charge in [-0.05, 0) is 35.0 Å². The SMILES string of the molecule is Cc1c(Cl)nc2c(Br)cc(Cl)cc2c1C#N. The molecule has 0 unspecified atom stereocenters. The second kappa shape index (κ2) is 4.21. The minimum absolute atomic E-state index is 0.340. The molecule has 1 heterocycles. The normalized spacial score (nSPS) is 10.4. The standard InChI is InChI=1S/C11H5BrCl2N2/c1-5-8(4-15)7-2-6(13)3-9(12)10(7)16-11(5)14/h2-3H,1H3. The van der Waals surface area contributed by atoms with Gasteiger partial charge in [0.2, 0.25) is 0 Å². The van der Waals surface area contributed by atoms with Crippen LogP contribution in [0.5, 0.6) is 0 Å². The first-order valence-electron chi connectivity index (χ1n) is 4.39. The summed E-state index contributed by atoms with van der Waals surface area (Å²) >= 11 is 15.3. The van der Waals surface area contributed by atoms with Gasteiger partial charge in [-0.3, -0.25) is 0 Å². The highest BCUT2D eigenvalue weighted by Crippen LogP contribution is 2.32. The third-order valence-corrected chi connectivity index (χ3v) is 3.49. The van der Waals surface area contributed by atoms with Gasteiger partial charge in [0.05, 0.1) is 11.1 Å². The van der Waals surface area contributed by atoms with Crippen molar-refractivity contribution in [3.05, 3.63) is 37.9 Å². The fourth-order valence-corrected chi connectivity index (χ4v) is 2.58. The predicted octanol–water partition coefficient (Wildman–Crippen LogP) is 4.48. The van der Waals surface area contributed by atoms with Crippen molar-refractivity contribution in [3.63, 3.8) is 0 Å². The van der Waals surface area contributed by atoms with Crippen molar-refractivity contribution < 1.29 is 0 Å². The Balaban J connectivity index is 3.04. The molecule has 0 radical (unpaired) electrons. The van der Waals surface area contributed by atoms with E-state index in [4.69, 9.17) is 28.5 Å². The van der Waals surface area contributed by atoms with Crippen LogP contribution < -0.4 is 0 Å². The van der Waals surface area contributed by atoms with Crippen LogP contribution >= 0.6 is 39.1 Å². The van der Waals surface area contributed by atoms with E-state index in [0.717, 1.165) is 4.47 Å². The van der Waals surface area contributed by atoms with Crippen LogP contribution in [0.25, 0.3) is 10.9 Å². The Morgan fingerprint density at radius 3 is 2.69 bits per heavy atom. The summed E-state index contributed by atoms with van der Waals surface area (Å²) in [5, 5.41) is 10.7. The number of hydrogen-bond donors (Lipinski definition) is 0. The molecule has 0 atom stereocenters. The van der Waals surface area contributed by atoms with Gasteiger partial charge < -0.3 is 0 Å². The molecule has 2 aromatic rings. The van der Waals surface area contributed by atoms with Gasteiger partial charge in [0.1, 0.15) is 11.2 Å². The molecule has 0 aliphatic carbocycles. The van der Waals surface area contributed by atoms with Crippen LogP contribution in [0.1, 0.15) is 11.1 Å². The Morgan fingerprint density at radius 1 is 1.38 bits per heavy atom. The minimum Gasteiger partial charge on any atom is -0.235 e. The van der Waals surface area contributed by atoms with Gasteiger partial charge >= 0.3 is 0 Å². The van der Waals surface area contributed by atoms with Crippen molar-refractivity contribution in [2.45, 2.75) is 6.92 Å². The fourth-order valence-electron chi connectivity index (χ4n) is 1.50. The highest BCUT2D eigenvalue weighted by Gasteiger charge is 2.12. The molecule has 0 fully saturated rings. The van der Waals surface area contributed by atoms with E-state index in [1.807, 2.05) is 0 Å². The molecule has 0 spiro atoms. The van der Waals surface area contributed by atoms with E-state index in [2.05, 4.69) is 27.0 Å².